The van der Waals surface area contributed by atoms with Crippen molar-refractivity contribution >= 4 is 9.84 Å². The van der Waals surface area contributed by atoms with Gasteiger partial charge in [0, 0.05) is 12.1 Å². The van der Waals surface area contributed by atoms with E-state index in [2.05, 4.69) is 17.3 Å². The average Bonchev–Trinajstić information content (AvgIpc) is 2.76. The Kier molecular flexibility index (Phi) is 4.33. The highest BCUT2D eigenvalue weighted by atomic mass is 32.2. The molecule has 1 fully saturated rings. The fourth-order valence-electron chi connectivity index (χ4n) is 3.66. The summed E-state index contributed by atoms with van der Waals surface area (Å²) in [5, 5.41) is 3.44. The Hall–Kier alpha value is -0.910. The third-order valence-corrected chi connectivity index (χ3v) is 6.70. The van der Waals surface area contributed by atoms with Crippen LogP contribution in [0, 0.1) is 0 Å². The molecule has 0 amide bonds. The minimum absolute atomic E-state index is 0.229. The lowest BCUT2D eigenvalue weighted by atomic mass is 9.98. The van der Waals surface area contributed by atoms with Crippen LogP contribution in [0.4, 0.5) is 0 Å². The highest BCUT2D eigenvalue weighted by Gasteiger charge is 2.34. The Bertz CT molecular complexity index is 592. The molecule has 2 atom stereocenters. The van der Waals surface area contributed by atoms with E-state index in [0.717, 1.165) is 25.1 Å². The topological polar surface area (TPSA) is 49.4 Å². The number of hydrogen-bond donors (Lipinski definition) is 1. The number of fused-ring (bicyclic) bond motifs is 1. The molecule has 1 aromatic rings. The molecule has 0 aliphatic carbocycles. The van der Waals surface area contributed by atoms with Gasteiger partial charge in [-0.05, 0) is 57.5 Å². The predicted molar refractivity (Wildman–Crippen MR) is 84.1 cm³/mol. The van der Waals surface area contributed by atoms with Crippen LogP contribution in [0.3, 0.4) is 0 Å². The van der Waals surface area contributed by atoms with Gasteiger partial charge in [0.25, 0.3) is 0 Å². The third-order valence-electron chi connectivity index (χ3n) is 4.89. The zero-order valence-electron chi connectivity index (χ0n) is 12.6. The summed E-state index contributed by atoms with van der Waals surface area (Å²) >= 11 is 0. The third kappa shape index (κ3) is 3.00. The molecule has 2 aliphatic rings. The van der Waals surface area contributed by atoms with Gasteiger partial charge in [-0.3, -0.25) is 4.90 Å². The van der Waals surface area contributed by atoms with Crippen LogP contribution in [-0.2, 0) is 9.84 Å². The van der Waals surface area contributed by atoms with Gasteiger partial charge in [-0.1, -0.05) is 18.2 Å². The fourth-order valence-corrected chi connectivity index (χ4v) is 5.26. The highest BCUT2D eigenvalue weighted by molar-refractivity contribution is 7.91. The van der Waals surface area contributed by atoms with Crippen molar-refractivity contribution in [1.29, 1.82) is 0 Å². The normalized spacial score (nSPS) is 28.9. The van der Waals surface area contributed by atoms with E-state index in [1.54, 1.807) is 6.07 Å². The zero-order chi connectivity index (χ0) is 14.9. The monoisotopic (exact) mass is 308 g/mol. The lowest BCUT2D eigenvalue weighted by molar-refractivity contribution is 0.153. The molecule has 2 aliphatic heterocycles. The molecule has 2 unspecified atom stereocenters. The lowest BCUT2D eigenvalue weighted by Gasteiger charge is -2.38. The van der Waals surface area contributed by atoms with Crippen LogP contribution >= 0.6 is 0 Å². The van der Waals surface area contributed by atoms with Crippen molar-refractivity contribution in [2.45, 2.75) is 42.7 Å². The summed E-state index contributed by atoms with van der Waals surface area (Å²) in [7, 11) is -0.923. The molecule has 0 radical (unpaired) electrons. The maximum Gasteiger partial charge on any atom is 0.178 e. The first-order valence-corrected chi connectivity index (χ1v) is 9.49. The summed E-state index contributed by atoms with van der Waals surface area (Å²) in [5.74, 6) is 0.268. The molecule has 4 nitrogen and oxygen atoms in total. The van der Waals surface area contributed by atoms with E-state index in [9.17, 15) is 8.42 Å². The number of hydrogen-bond acceptors (Lipinski definition) is 4. The number of sulfone groups is 1. The smallest absolute Gasteiger partial charge is 0.178 e. The summed E-state index contributed by atoms with van der Waals surface area (Å²) in [5.41, 5.74) is 0.989. The van der Waals surface area contributed by atoms with Gasteiger partial charge in [0.2, 0.25) is 0 Å². The van der Waals surface area contributed by atoms with E-state index in [0.29, 0.717) is 17.4 Å². The first-order chi connectivity index (χ1) is 10.1. The fraction of sp³-hybridized carbons (Fsp3) is 0.625. The van der Waals surface area contributed by atoms with Crippen LogP contribution in [0.25, 0.3) is 0 Å². The Morgan fingerprint density at radius 3 is 2.81 bits per heavy atom. The van der Waals surface area contributed by atoms with Crippen LogP contribution < -0.4 is 5.32 Å². The molecular formula is C16H24N2O2S. The van der Waals surface area contributed by atoms with Crippen molar-refractivity contribution in [3.8, 4) is 0 Å². The molecule has 0 spiro atoms. The summed E-state index contributed by atoms with van der Waals surface area (Å²) in [4.78, 5) is 2.96. The largest absolute Gasteiger partial charge is 0.317 e. The summed E-state index contributed by atoms with van der Waals surface area (Å²) < 4.78 is 24.5. The maximum absolute atomic E-state index is 12.2. The Labute approximate surface area is 127 Å². The van der Waals surface area contributed by atoms with Crippen molar-refractivity contribution in [3.63, 3.8) is 0 Å². The van der Waals surface area contributed by atoms with Gasteiger partial charge >= 0.3 is 0 Å². The Balaban J connectivity index is 1.89. The van der Waals surface area contributed by atoms with Crippen LogP contribution in [0.5, 0.6) is 0 Å². The lowest BCUT2D eigenvalue weighted by Crippen LogP contribution is -2.39. The first-order valence-electron chi connectivity index (χ1n) is 7.84. The molecule has 0 bridgehead atoms. The molecule has 5 heteroatoms. The van der Waals surface area contributed by atoms with Gasteiger partial charge in [0.15, 0.2) is 9.84 Å². The quantitative estimate of drug-likeness (QED) is 0.907. The number of nitrogens with zero attached hydrogens (tertiary/aromatic N) is 1. The minimum atomic E-state index is -3.09. The first kappa shape index (κ1) is 15.0. The molecule has 1 N–H and O–H groups in total. The van der Waals surface area contributed by atoms with Crippen molar-refractivity contribution in [2.75, 3.05) is 25.9 Å². The number of nitrogens with one attached hydrogen (secondary N) is 1. The molecule has 116 valence electrons. The maximum atomic E-state index is 12.2. The molecule has 0 aromatic heterocycles. The molecule has 1 aromatic carbocycles. The van der Waals surface area contributed by atoms with Crippen LogP contribution in [0.2, 0.25) is 0 Å². The second kappa shape index (κ2) is 6.07. The summed E-state index contributed by atoms with van der Waals surface area (Å²) in [6.45, 7) is 2.15. The van der Waals surface area contributed by atoms with Crippen molar-refractivity contribution in [2.24, 2.45) is 0 Å². The van der Waals surface area contributed by atoms with Gasteiger partial charge < -0.3 is 5.32 Å². The minimum Gasteiger partial charge on any atom is -0.317 e. The van der Waals surface area contributed by atoms with E-state index in [1.807, 2.05) is 18.2 Å². The van der Waals surface area contributed by atoms with Crippen LogP contribution in [0.1, 0.15) is 37.3 Å². The molecule has 2 heterocycles. The molecule has 21 heavy (non-hydrogen) atoms. The van der Waals surface area contributed by atoms with Gasteiger partial charge in [-0.15, -0.1) is 0 Å². The zero-order valence-corrected chi connectivity index (χ0v) is 13.4. The number of rotatable bonds is 2. The molecule has 1 saturated heterocycles. The van der Waals surface area contributed by atoms with Gasteiger partial charge in [-0.25, -0.2) is 8.42 Å². The van der Waals surface area contributed by atoms with E-state index in [1.165, 1.54) is 12.8 Å². The highest BCUT2D eigenvalue weighted by Crippen LogP contribution is 2.37. The Morgan fingerprint density at radius 2 is 1.95 bits per heavy atom. The second-order valence-electron chi connectivity index (χ2n) is 6.16. The predicted octanol–water partition coefficient (Wildman–Crippen LogP) is 1.98. The van der Waals surface area contributed by atoms with E-state index < -0.39 is 9.84 Å². The molecule has 3 rings (SSSR count). The van der Waals surface area contributed by atoms with E-state index in [-0.39, 0.29) is 11.8 Å². The van der Waals surface area contributed by atoms with Crippen molar-refractivity contribution in [3.05, 3.63) is 29.8 Å². The standard InChI is InChI=1S/C16H24N2O2S/c1-18(13-5-4-10-17-11-8-13)15-9-12-21(19,20)16-7-3-2-6-14(15)16/h2-3,6-7,13,15,17H,4-5,8-12H2,1H3. The van der Waals surface area contributed by atoms with Gasteiger partial charge in [0.05, 0.1) is 10.6 Å². The van der Waals surface area contributed by atoms with Gasteiger partial charge in [-0.2, -0.15) is 0 Å². The van der Waals surface area contributed by atoms with Crippen LogP contribution in [-0.4, -0.2) is 45.2 Å². The molecule has 0 saturated carbocycles. The molecular weight excluding hydrogens is 284 g/mol. The number of benzene rings is 1. The van der Waals surface area contributed by atoms with Crippen molar-refractivity contribution < 1.29 is 8.42 Å². The van der Waals surface area contributed by atoms with Crippen LogP contribution in [0.15, 0.2) is 29.2 Å². The van der Waals surface area contributed by atoms with E-state index in [4.69, 9.17) is 0 Å². The summed E-state index contributed by atoms with van der Waals surface area (Å²) in [6.07, 6.45) is 4.23. The summed E-state index contributed by atoms with van der Waals surface area (Å²) in [6, 6.07) is 8.30. The Morgan fingerprint density at radius 1 is 1.14 bits per heavy atom. The SMILES string of the molecule is CN(C1CCCNCC1)C1CCS(=O)(=O)c2ccccc21. The average molecular weight is 308 g/mol. The van der Waals surface area contributed by atoms with Gasteiger partial charge in [0.1, 0.15) is 0 Å². The van der Waals surface area contributed by atoms with E-state index >= 15 is 0 Å². The van der Waals surface area contributed by atoms with Crippen molar-refractivity contribution in [1.82, 2.24) is 10.2 Å². The second-order valence-corrected chi connectivity index (χ2v) is 8.24.